The van der Waals surface area contributed by atoms with Crippen LogP contribution in [0.15, 0.2) is 54.0 Å². The molecule has 1 saturated heterocycles. The summed E-state index contributed by atoms with van der Waals surface area (Å²) < 4.78 is 20.2. The van der Waals surface area contributed by atoms with Crippen LogP contribution in [0.1, 0.15) is 30.0 Å². The van der Waals surface area contributed by atoms with Gasteiger partial charge < -0.3 is 15.0 Å². The van der Waals surface area contributed by atoms with Crippen molar-refractivity contribution in [2.45, 2.75) is 31.2 Å². The lowest BCUT2D eigenvalue weighted by Gasteiger charge is -2.28. The van der Waals surface area contributed by atoms with Crippen molar-refractivity contribution in [1.82, 2.24) is 24.8 Å². The maximum Gasteiger partial charge on any atom is 0.298 e. The lowest BCUT2D eigenvalue weighted by Crippen LogP contribution is -2.41. The van der Waals surface area contributed by atoms with E-state index in [1.165, 1.54) is 24.0 Å². The molecular weight excluding hydrogens is 423 g/mol. The van der Waals surface area contributed by atoms with E-state index in [9.17, 15) is 9.18 Å². The molecule has 1 aromatic carbocycles. The zero-order valence-corrected chi connectivity index (χ0v) is 18.4. The van der Waals surface area contributed by atoms with Crippen LogP contribution in [0.3, 0.4) is 0 Å². The number of benzene rings is 1. The van der Waals surface area contributed by atoms with Crippen molar-refractivity contribution in [3.05, 3.63) is 76.6 Å². The molecule has 33 heavy (non-hydrogen) atoms. The molecule has 3 heterocycles. The van der Waals surface area contributed by atoms with Crippen molar-refractivity contribution in [1.29, 1.82) is 0 Å². The standard InChI is InChI=1S/C24H27FN6O2/c25-18-5-3-17(4-6-18)21-12-22(21)28-7-1-2-19-15-31(20-13-26-16-27-14-20)24(32)23(29-19)30-8-10-33-11-9-30/h3-6,13-16,21-22,28H,1-2,7-12H2/t21-,22+/m0/s1. The van der Waals surface area contributed by atoms with E-state index in [1.807, 2.05) is 17.0 Å². The largest absolute Gasteiger partial charge is 0.378 e. The highest BCUT2D eigenvalue weighted by molar-refractivity contribution is 5.41. The number of nitrogens with zero attached hydrogens (tertiary/aromatic N) is 5. The highest BCUT2D eigenvalue weighted by Gasteiger charge is 2.37. The van der Waals surface area contributed by atoms with Gasteiger partial charge in [0.2, 0.25) is 0 Å². The molecule has 1 N–H and O–H groups in total. The lowest BCUT2D eigenvalue weighted by molar-refractivity contribution is 0.122. The predicted molar refractivity (Wildman–Crippen MR) is 122 cm³/mol. The van der Waals surface area contributed by atoms with Gasteiger partial charge >= 0.3 is 0 Å². The van der Waals surface area contributed by atoms with Crippen molar-refractivity contribution >= 4 is 5.82 Å². The summed E-state index contributed by atoms with van der Waals surface area (Å²) in [6, 6.07) is 7.22. The van der Waals surface area contributed by atoms with Crippen molar-refractivity contribution < 1.29 is 9.13 Å². The first-order valence-electron chi connectivity index (χ1n) is 11.4. The fourth-order valence-corrected chi connectivity index (χ4v) is 4.29. The molecule has 5 rings (SSSR count). The SMILES string of the molecule is O=c1c(N2CCOCC2)nc(CCCN[C@@H]2C[C@H]2c2ccc(F)cc2)cn1-c1cncnc1. The van der Waals surface area contributed by atoms with Gasteiger partial charge in [0.25, 0.3) is 5.56 Å². The van der Waals surface area contributed by atoms with Crippen LogP contribution in [-0.2, 0) is 11.2 Å². The molecule has 1 saturated carbocycles. The quantitative estimate of drug-likeness (QED) is 0.526. The molecule has 2 aromatic heterocycles. The molecule has 9 heteroatoms. The van der Waals surface area contributed by atoms with Crippen LogP contribution in [0.4, 0.5) is 10.2 Å². The molecule has 0 radical (unpaired) electrons. The molecule has 1 aliphatic carbocycles. The van der Waals surface area contributed by atoms with Crippen LogP contribution >= 0.6 is 0 Å². The van der Waals surface area contributed by atoms with E-state index in [-0.39, 0.29) is 11.4 Å². The van der Waals surface area contributed by atoms with Gasteiger partial charge in [-0.15, -0.1) is 0 Å². The zero-order chi connectivity index (χ0) is 22.6. The topological polar surface area (TPSA) is 85.2 Å². The highest BCUT2D eigenvalue weighted by atomic mass is 19.1. The Morgan fingerprint density at radius 3 is 2.64 bits per heavy atom. The Bertz CT molecular complexity index is 1130. The van der Waals surface area contributed by atoms with Crippen LogP contribution in [0.5, 0.6) is 0 Å². The molecule has 172 valence electrons. The minimum absolute atomic E-state index is 0.173. The van der Waals surface area contributed by atoms with E-state index < -0.39 is 0 Å². The van der Waals surface area contributed by atoms with Crippen LogP contribution < -0.4 is 15.8 Å². The number of morpholine rings is 1. The number of aromatic nitrogens is 4. The van der Waals surface area contributed by atoms with Crippen LogP contribution in [0.25, 0.3) is 5.69 Å². The van der Waals surface area contributed by atoms with Crippen LogP contribution in [-0.4, -0.2) is 58.4 Å². The fourth-order valence-electron chi connectivity index (χ4n) is 4.29. The molecule has 2 atom stereocenters. The third-order valence-electron chi connectivity index (χ3n) is 6.18. The van der Waals surface area contributed by atoms with E-state index in [1.54, 1.807) is 23.2 Å². The van der Waals surface area contributed by atoms with E-state index in [2.05, 4.69) is 15.3 Å². The van der Waals surface area contributed by atoms with Crippen molar-refractivity contribution in [2.24, 2.45) is 0 Å². The van der Waals surface area contributed by atoms with Gasteiger partial charge in [-0.3, -0.25) is 9.36 Å². The first-order chi connectivity index (χ1) is 16.2. The van der Waals surface area contributed by atoms with Crippen molar-refractivity contribution in [3.8, 4) is 5.69 Å². The summed E-state index contributed by atoms with van der Waals surface area (Å²) in [6.45, 7) is 3.31. The predicted octanol–water partition coefficient (Wildman–Crippen LogP) is 2.08. The number of ether oxygens (including phenoxy) is 1. The van der Waals surface area contributed by atoms with E-state index >= 15 is 0 Å². The number of nitrogens with one attached hydrogen (secondary N) is 1. The summed E-state index contributed by atoms with van der Waals surface area (Å²) >= 11 is 0. The summed E-state index contributed by atoms with van der Waals surface area (Å²) in [5, 5.41) is 3.59. The molecule has 3 aromatic rings. The Labute approximate surface area is 191 Å². The van der Waals surface area contributed by atoms with Gasteiger partial charge in [-0.05, 0) is 43.5 Å². The van der Waals surface area contributed by atoms with Crippen molar-refractivity contribution in [3.63, 3.8) is 0 Å². The van der Waals surface area contributed by atoms with Crippen LogP contribution in [0.2, 0.25) is 0 Å². The molecule has 8 nitrogen and oxygen atoms in total. The monoisotopic (exact) mass is 450 g/mol. The first kappa shape index (κ1) is 21.7. The van der Waals surface area contributed by atoms with E-state index in [0.717, 1.165) is 31.5 Å². The highest BCUT2D eigenvalue weighted by Crippen LogP contribution is 2.40. The van der Waals surface area contributed by atoms with Crippen LogP contribution in [0, 0.1) is 5.82 Å². The summed E-state index contributed by atoms with van der Waals surface area (Å²) in [6.07, 6.45) is 9.21. The van der Waals surface area contributed by atoms with Gasteiger partial charge in [-0.2, -0.15) is 0 Å². The van der Waals surface area contributed by atoms with E-state index in [0.29, 0.717) is 49.8 Å². The molecular formula is C24H27FN6O2. The molecule has 0 amide bonds. The second kappa shape index (κ2) is 9.76. The smallest absolute Gasteiger partial charge is 0.298 e. The normalized spacial score (nSPS) is 20.1. The Morgan fingerprint density at radius 1 is 1.12 bits per heavy atom. The summed E-state index contributed by atoms with van der Waals surface area (Å²) in [4.78, 5) is 28.0. The number of hydrogen-bond donors (Lipinski definition) is 1. The van der Waals surface area contributed by atoms with Gasteiger partial charge in [0.1, 0.15) is 12.1 Å². The zero-order valence-electron chi connectivity index (χ0n) is 18.4. The second-order valence-electron chi connectivity index (χ2n) is 8.49. The molecule has 1 aliphatic heterocycles. The Kier molecular flexibility index (Phi) is 6.41. The minimum Gasteiger partial charge on any atom is -0.378 e. The van der Waals surface area contributed by atoms with E-state index in [4.69, 9.17) is 9.72 Å². The molecule has 0 unspecified atom stereocenters. The number of rotatable bonds is 8. The summed E-state index contributed by atoms with van der Waals surface area (Å²) in [7, 11) is 0. The molecule has 0 spiro atoms. The maximum absolute atomic E-state index is 13.2. The summed E-state index contributed by atoms with van der Waals surface area (Å²) in [5.41, 5.74) is 2.49. The van der Waals surface area contributed by atoms with Crippen molar-refractivity contribution in [2.75, 3.05) is 37.7 Å². The average molecular weight is 451 g/mol. The minimum atomic E-state index is -0.198. The third-order valence-corrected chi connectivity index (χ3v) is 6.18. The number of hydrogen-bond acceptors (Lipinski definition) is 7. The number of halogens is 1. The first-order valence-corrected chi connectivity index (χ1v) is 11.4. The number of anilines is 1. The molecule has 2 fully saturated rings. The molecule has 0 bridgehead atoms. The summed E-state index contributed by atoms with van der Waals surface area (Å²) in [5.74, 6) is 0.707. The maximum atomic E-state index is 13.2. The average Bonchev–Trinajstić information content (AvgIpc) is 3.64. The second-order valence-corrected chi connectivity index (χ2v) is 8.49. The number of aryl methyl sites for hydroxylation is 1. The molecule has 2 aliphatic rings. The van der Waals surface area contributed by atoms with Gasteiger partial charge in [0.05, 0.1) is 37.0 Å². The lowest BCUT2D eigenvalue weighted by atomic mass is 10.1. The third kappa shape index (κ3) is 5.09. The van der Waals surface area contributed by atoms with Gasteiger partial charge in [0, 0.05) is 31.2 Å². The van der Waals surface area contributed by atoms with Gasteiger partial charge in [-0.25, -0.2) is 19.3 Å². The fraction of sp³-hybridized carbons (Fsp3) is 0.417. The Morgan fingerprint density at radius 2 is 1.88 bits per heavy atom. The Hall–Kier alpha value is -3.17. The van der Waals surface area contributed by atoms with Gasteiger partial charge in [-0.1, -0.05) is 12.1 Å². The van der Waals surface area contributed by atoms with Gasteiger partial charge in [0.15, 0.2) is 5.82 Å². The Balaban J connectivity index is 1.25.